The summed E-state index contributed by atoms with van der Waals surface area (Å²) in [5, 5.41) is 6.01. The molecule has 1 aliphatic heterocycles. The first-order valence-electron chi connectivity index (χ1n) is 9.14. The number of hydrogen-bond acceptors (Lipinski definition) is 7. The lowest BCUT2D eigenvalue weighted by Crippen LogP contribution is -2.25. The molecular weight excluding hydrogens is 424 g/mol. The van der Waals surface area contributed by atoms with E-state index in [2.05, 4.69) is 23.3 Å². The molecular formula is C20H20N4O2S3. The molecule has 1 N–H and O–H groups in total. The summed E-state index contributed by atoms with van der Waals surface area (Å²) in [5.41, 5.74) is 3.70. The largest absolute Gasteiger partial charge is 0.301 e. The fraction of sp³-hybridized carbons (Fsp3) is 0.300. The Bertz CT molecular complexity index is 1110. The minimum Gasteiger partial charge on any atom is -0.301 e. The van der Waals surface area contributed by atoms with Crippen molar-refractivity contribution in [2.45, 2.75) is 42.5 Å². The highest BCUT2D eigenvalue weighted by Gasteiger charge is 2.27. The van der Waals surface area contributed by atoms with Gasteiger partial charge in [-0.25, -0.2) is 9.97 Å². The summed E-state index contributed by atoms with van der Waals surface area (Å²) in [6.07, 6.45) is 2.41. The predicted octanol–water partition coefficient (Wildman–Crippen LogP) is 4.07. The minimum atomic E-state index is -0.172. The van der Waals surface area contributed by atoms with E-state index in [1.807, 2.05) is 26.0 Å². The highest BCUT2D eigenvalue weighted by atomic mass is 32.2. The number of aromatic nitrogens is 3. The van der Waals surface area contributed by atoms with Crippen LogP contribution in [-0.4, -0.2) is 31.4 Å². The van der Waals surface area contributed by atoms with E-state index in [9.17, 15) is 9.59 Å². The third kappa shape index (κ3) is 4.41. The van der Waals surface area contributed by atoms with Crippen molar-refractivity contribution in [1.29, 1.82) is 0 Å². The quantitative estimate of drug-likeness (QED) is 0.472. The Kier molecular flexibility index (Phi) is 5.80. The molecule has 0 fully saturated rings. The Morgan fingerprint density at radius 2 is 2.07 bits per heavy atom. The van der Waals surface area contributed by atoms with E-state index in [4.69, 9.17) is 4.98 Å². The molecule has 1 aromatic carbocycles. The van der Waals surface area contributed by atoms with Crippen molar-refractivity contribution in [3.05, 3.63) is 57.0 Å². The molecule has 4 rings (SSSR count). The van der Waals surface area contributed by atoms with Crippen molar-refractivity contribution in [2.75, 3.05) is 11.1 Å². The van der Waals surface area contributed by atoms with Crippen LogP contribution < -0.4 is 10.9 Å². The number of aryl methyl sites for hydroxylation is 2. The monoisotopic (exact) mass is 444 g/mol. The summed E-state index contributed by atoms with van der Waals surface area (Å²) < 4.78 is 1.64. The van der Waals surface area contributed by atoms with E-state index in [1.165, 1.54) is 23.1 Å². The number of carbonyl (C=O) groups is 1. The van der Waals surface area contributed by atoms with Gasteiger partial charge in [0.1, 0.15) is 0 Å². The van der Waals surface area contributed by atoms with Crippen LogP contribution in [-0.2, 0) is 11.2 Å². The van der Waals surface area contributed by atoms with Gasteiger partial charge in [-0.3, -0.25) is 14.2 Å². The second-order valence-electron chi connectivity index (χ2n) is 6.96. The Labute approximate surface area is 181 Å². The van der Waals surface area contributed by atoms with Crippen molar-refractivity contribution in [1.82, 2.24) is 14.5 Å². The molecule has 9 heteroatoms. The average molecular weight is 445 g/mol. The Morgan fingerprint density at radius 1 is 1.31 bits per heavy atom. The number of nitrogens with one attached hydrogen (secondary N) is 1. The zero-order valence-corrected chi connectivity index (χ0v) is 18.7. The number of nitrogens with zero attached hydrogens (tertiary/aromatic N) is 3. The number of thioether (sulfide) groups is 2. The molecule has 150 valence electrons. The third-order valence-corrected chi connectivity index (χ3v) is 7.20. The van der Waals surface area contributed by atoms with Crippen LogP contribution in [0.1, 0.15) is 23.7 Å². The van der Waals surface area contributed by atoms with Gasteiger partial charge >= 0.3 is 0 Å². The highest BCUT2D eigenvalue weighted by Crippen LogP contribution is 2.35. The molecule has 0 saturated carbocycles. The number of carbonyl (C=O) groups excluding carboxylic acids is 1. The van der Waals surface area contributed by atoms with Gasteiger partial charge in [-0.15, -0.1) is 23.1 Å². The lowest BCUT2D eigenvalue weighted by Gasteiger charge is -2.14. The Hall–Kier alpha value is -2.10. The van der Waals surface area contributed by atoms with Crippen molar-refractivity contribution in [2.24, 2.45) is 0 Å². The van der Waals surface area contributed by atoms with Crippen molar-refractivity contribution in [3.63, 3.8) is 0 Å². The maximum absolute atomic E-state index is 13.3. The van der Waals surface area contributed by atoms with Gasteiger partial charge in [-0.1, -0.05) is 24.8 Å². The van der Waals surface area contributed by atoms with Gasteiger partial charge in [0, 0.05) is 23.2 Å². The number of rotatable bonds is 5. The minimum absolute atomic E-state index is 0.0582. The van der Waals surface area contributed by atoms with Gasteiger partial charge in [0.2, 0.25) is 5.91 Å². The van der Waals surface area contributed by atoms with Crippen molar-refractivity contribution < 1.29 is 4.79 Å². The molecule has 3 aromatic rings. The number of benzene rings is 1. The zero-order chi connectivity index (χ0) is 20.5. The van der Waals surface area contributed by atoms with Gasteiger partial charge in [0.15, 0.2) is 10.3 Å². The number of amides is 1. The maximum atomic E-state index is 13.3. The average Bonchev–Trinajstić information content (AvgIpc) is 3.28. The Morgan fingerprint density at radius 3 is 2.76 bits per heavy atom. The number of hydrogen-bond donors (Lipinski definition) is 1. The standard InChI is InChI=1S/C20H20N4O2S3/c1-11-6-12(2)8-14(7-11)24-18(26)17-15(9-13(3)29-17)22-20(24)28-10-16(25)23-19-21-4-5-27-19/h4-8,13H,9-10H2,1-3H3,(H,21,23,25)/t13-/m0/s1. The number of thiazole rings is 1. The fourth-order valence-corrected chi connectivity index (χ4v) is 5.75. The summed E-state index contributed by atoms with van der Waals surface area (Å²) in [5.74, 6) is -0.0207. The van der Waals surface area contributed by atoms with Gasteiger partial charge in [0.25, 0.3) is 5.56 Å². The van der Waals surface area contributed by atoms with Crippen molar-refractivity contribution in [3.8, 4) is 5.69 Å². The fourth-order valence-electron chi connectivity index (χ4n) is 3.27. The van der Waals surface area contributed by atoms with E-state index in [1.54, 1.807) is 27.9 Å². The lowest BCUT2D eigenvalue weighted by atomic mass is 10.1. The first-order chi connectivity index (χ1) is 13.9. The molecule has 29 heavy (non-hydrogen) atoms. The summed E-state index contributed by atoms with van der Waals surface area (Å²) in [6.45, 7) is 6.11. The second kappa shape index (κ2) is 8.33. The third-order valence-electron chi connectivity index (χ3n) is 4.36. The first-order valence-corrected chi connectivity index (χ1v) is 11.9. The Balaban J connectivity index is 1.70. The molecule has 0 aliphatic carbocycles. The summed E-state index contributed by atoms with van der Waals surface area (Å²) in [6, 6.07) is 6.02. The van der Waals surface area contributed by atoms with Crippen molar-refractivity contribution >= 4 is 45.9 Å². The molecule has 1 atom stereocenters. The first kappa shape index (κ1) is 20.2. The van der Waals surface area contributed by atoms with E-state index in [0.717, 1.165) is 28.9 Å². The summed E-state index contributed by atoms with van der Waals surface area (Å²) in [7, 11) is 0. The second-order valence-corrected chi connectivity index (χ2v) is 10.2. The van der Waals surface area contributed by atoms with E-state index in [0.29, 0.717) is 20.4 Å². The zero-order valence-electron chi connectivity index (χ0n) is 16.3. The SMILES string of the molecule is Cc1cc(C)cc(-n2c(SCC(=O)Nc3nccs3)nc3c(c2=O)S[C@@H](C)C3)c1. The van der Waals surface area contributed by atoms with E-state index in [-0.39, 0.29) is 17.2 Å². The number of fused-ring (bicyclic) bond motifs is 1. The van der Waals surface area contributed by atoms with Crippen LogP contribution in [0.2, 0.25) is 0 Å². The van der Waals surface area contributed by atoms with Crippen LogP contribution in [0.5, 0.6) is 0 Å². The van der Waals surface area contributed by atoms with Crippen LogP contribution in [0.3, 0.4) is 0 Å². The summed E-state index contributed by atoms with van der Waals surface area (Å²) >= 11 is 4.22. The molecule has 6 nitrogen and oxygen atoms in total. The molecule has 0 unspecified atom stereocenters. The normalized spacial score (nSPS) is 15.3. The molecule has 0 bridgehead atoms. The van der Waals surface area contributed by atoms with Crippen LogP contribution >= 0.6 is 34.9 Å². The molecule has 2 aromatic heterocycles. The van der Waals surface area contributed by atoms with Gasteiger partial charge < -0.3 is 5.32 Å². The van der Waals surface area contributed by atoms with Crippen LogP contribution in [0.15, 0.2) is 44.6 Å². The van der Waals surface area contributed by atoms with Crippen LogP contribution in [0.25, 0.3) is 5.69 Å². The van der Waals surface area contributed by atoms with Gasteiger partial charge in [-0.2, -0.15) is 0 Å². The van der Waals surface area contributed by atoms with E-state index < -0.39 is 0 Å². The predicted molar refractivity (Wildman–Crippen MR) is 120 cm³/mol. The summed E-state index contributed by atoms with van der Waals surface area (Å²) in [4.78, 5) is 35.2. The number of anilines is 1. The van der Waals surface area contributed by atoms with E-state index >= 15 is 0 Å². The smallest absolute Gasteiger partial charge is 0.272 e. The molecule has 1 amide bonds. The lowest BCUT2D eigenvalue weighted by molar-refractivity contribution is -0.113. The molecule has 0 radical (unpaired) electrons. The van der Waals surface area contributed by atoms with Crippen LogP contribution in [0, 0.1) is 13.8 Å². The highest BCUT2D eigenvalue weighted by molar-refractivity contribution is 8.00. The topological polar surface area (TPSA) is 76.9 Å². The van der Waals surface area contributed by atoms with Crippen LogP contribution in [0.4, 0.5) is 5.13 Å². The molecule has 0 spiro atoms. The molecule has 1 aliphatic rings. The molecule has 0 saturated heterocycles. The molecule has 3 heterocycles. The van der Waals surface area contributed by atoms with Gasteiger partial charge in [0.05, 0.1) is 22.0 Å². The van der Waals surface area contributed by atoms with Gasteiger partial charge in [-0.05, 0) is 37.1 Å². The maximum Gasteiger partial charge on any atom is 0.272 e.